The van der Waals surface area contributed by atoms with Gasteiger partial charge in [0.25, 0.3) is 0 Å². The van der Waals surface area contributed by atoms with Gasteiger partial charge in [-0.15, -0.1) is 0 Å². The number of thiol groups is 1. The quantitative estimate of drug-likeness (QED) is 0.307. The summed E-state index contributed by atoms with van der Waals surface area (Å²) in [6, 6.07) is 0. The average molecular weight is 354 g/mol. The van der Waals surface area contributed by atoms with E-state index in [2.05, 4.69) is 68.3 Å². The zero-order valence-electron chi connectivity index (χ0n) is 15.5. The maximum atomic E-state index is 12.4. The monoisotopic (exact) mass is 354 g/mol. The van der Waals surface area contributed by atoms with Crippen molar-refractivity contribution in [1.82, 2.24) is 0 Å². The van der Waals surface area contributed by atoms with Crippen LogP contribution < -0.4 is 0 Å². The smallest absolute Gasteiger partial charge is 0.286 e. The summed E-state index contributed by atoms with van der Waals surface area (Å²) in [5.41, 5.74) is 0.410. The molecular formula is C16H35O4PS. The van der Waals surface area contributed by atoms with E-state index in [0.29, 0.717) is 13.2 Å². The fourth-order valence-electron chi connectivity index (χ4n) is 2.73. The molecule has 0 aromatic carbocycles. The normalized spacial score (nSPS) is 18.8. The summed E-state index contributed by atoms with van der Waals surface area (Å²) in [5.74, 6) is 0.541. The molecule has 4 nitrogen and oxygen atoms in total. The first-order chi connectivity index (χ1) is 9.76. The minimum absolute atomic E-state index is 0.205. The minimum Gasteiger partial charge on any atom is -0.286 e. The van der Waals surface area contributed by atoms with Crippen LogP contribution in [-0.4, -0.2) is 13.2 Å². The van der Waals surface area contributed by atoms with Crippen LogP contribution in [0, 0.1) is 22.7 Å². The van der Waals surface area contributed by atoms with Crippen LogP contribution in [0.1, 0.15) is 68.2 Å². The highest BCUT2D eigenvalue weighted by Crippen LogP contribution is 2.51. The molecule has 0 aromatic rings. The van der Waals surface area contributed by atoms with E-state index in [1.165, 1.54) is 0 Å². The SMILES string of the molecule is CC(COP(=O)(OS)OCC(C)CC(C)(C)C)CC(C)(C)C. The van der Waals surface area contributed by atoms with Gasteiger partial charge in [-0.1, -0.05) is 55.4 Å². The number of rotatable bonds is 9. The van der Waals surface area contributed by atoms with E-state index in [1.54, 1.807) is 0 Å². The van der Waals surface area contributed by atoms with E-state index >= 15 is 0 Å². The minimum atomic E-state index is -3.57. The summed E-state index contributed by atoms with van der Waals surface area (Å²) < 4.78 is 27.9. The van der Waals surface area contributed by atoms with Crippen molar-refractivity contribution >= 4 is 20.7 Å². The maximum Gasteiger partial charge on any atom is 0.485 e. The molecule has 0 bridgehead atoms. The molecule has 6 heteroatoms. The lowest BCUT2D eigenvalue weighted by Crippen LogP contribution is -2.17. The molecule has 2 atom stereocenters. The van der Waals surface area contributed by atoms with Gasteiger partial charge in [0.15, 0.2) is 0 Å². The lowest BCUT2D eigenvalue weighted by Gasteiger charge is -2.26. The lowest BCUT2D eigenvalue weighted by molar-refractivity contribution is 0.114. The van der Waals surface area contributed by atoms with Crippen molar-refractivity contribution < 1.29 is 17.6 Å². The van der Waals surface area contributed by atoms with Crippen LogP contribution >= 0.6 is 20.7 Å². The second-order valence-electron chi connectivity index (χ2n) is 8.86. The number of phosphoric ester groups is 1. The molecule has 0 amide bonds. The predicted octanol–water partition coefficient (Wildman–Crippen LogP) is 6.13. The Morgan fingerprint density at radius 3 is 1.41 bits per heavy atom. The van der Waals surface area contributed by atoms with Gasteiger partial charge in [0.1, 0.15) is 0 Å². The Labute approximate surface area is 142 Å². The maximum absolute atomic E-state index is 12.4. The van der Waals surface area contributed by atoms with Crippen molar-refractivity contribution in [3.8, 4) is 0 Å². The van der Waals surface area contributed by atoms with Crippen molar-refractivity contribution in [2.75, 3.05) is 13.2 Å². The third-order valence-corrected chi connectivity index (χ3v) is 4.79. The fraction of sp³-hybridized carbons (Fsp3) is 1.00. The zero-order valence-corrected chi connectivity index (χ0v) is 17.3. The molecule has 0 fully saturated rings. The fourth-order valence-corrected chi connectivity index (χ4v) is 4.06. The molecule has 0 aliphatic heterocycles. The van der Waals surface area contributed by atoms with Gasteiger partial charge in [0, 0.05) is 0 Å². The molecule has 22 heavy (non-hydrogen) atoms. The highest BCUT2D eigenvalue weighted by Gasteiger charge is 2.29. The lowest BCUT2D eigenvalue weighted by atomic mass is 9.86. The number of hydrogen-bond acceptors (Lipinski definition) is 5. The Balaban J connectivity index is 4.33. The van der Waals surface area contributed by atoms with Gasteiger partial charge in [0.05, 0.1) is 13.2 Å². The van der Waals surface area contributed by atoms with E-state index in [-0.39, 0.29) is 22.7 Å². The van der Waals surface area contributed by atoms with Crippen LogP contribution in [0.15, 0.2) is 0 Å². The Bertz CT molecular complexity index is 330. The van der Waals surface area contributed by atoms with E-state index in [1.807, 2.05) is 0 Å². The molecule has 0 aliphatic carbocycles. The Kier molecular flexibility index (Phi) is 9.27. The molecule has 2 unspecified atom stereocenters. The summed E-state index contributed by atoms with van der Waals surface area (Å²) in [6.45, 7) is 17.8. The first-order valence-electron chi connectivity index (χ1n) is 7.99. The third-order valence-electron chi connectivity index (χ3n) is 3.06. The molecule has 0 rings (SSSR count). The molecule has 0 aromatic heterocycles. The van der Waals surface area contributed by atoms with E-state index < -0.39 is 7.82 Å². The molecule has 0 heterocycles. The van der Waals surface area contributed by atoms with Gasteiger partial charge in [0.2, 0.25) is 0 Å². The van der Waals surface area contributed by atoms with Gasteiger partial charge in [-0.05, 0) is 48.4 Å². The van der Waals surface area contributed by atoms with Crippen LogP contribution in [-0.2, 0) is 17.6 Å². The highest BCUT2D eigenvalue weighted by molar-refractivity contribution is 7.80. The molecule has 0 saturated carbocycles. The summed E-state index contributed by atoms with van der Waals surface area (Å²) >= 11 is 3.67. The van der Waals surface area contributed by atoms with Crippen LogP contribution in [0.25, 0.3) is 0 Å². The average Bonchev–Trinajstić information content (AvgIpc) is 2.30. The van der Waals surface area contributed by atoms with Gasteiger partial charge >= 0.3 is 7.82 Å². The topological polar surface area (TPSA) is 44.8 Å². The number of phosphoric acid groups is 1. The van der Waals surface area contributed by atoms with Crippen molar-refractivity contribution in [3.63, 3.8) is 0 Å². The van der Waals surface area contributed by atoms with E-state index in [9.17, 15) is 4.57 Å². The van der Waals surface area contributed by atoms with Crippen LogP contribution in [0.3, 0.4) is 0 Å². The summed E-state index contributed by atoms with van der Waals surface area (Å²) in [6.07, 6.45) is 1.94. The first kappa shape index (κ1) is 22.5. The first-order valence-corrected chi connectivity index (χ1v) is 9.81. The second-order valence-corrected chi connectivity index (χ2v) is 10.9. The van der Waals surface area contributed by atoms with Gasteiger partial charge in [-0.3, -0.25) is 9.05 Å². The summed E-state index contributed by atoms with van der Waals surface area (Å²) in [7, 11) is -3.57. The number of hydrogen-bond donors (Lipinski definition) is 1. The zero-order chi connectivity index (χ0) is 17.6. The van der Waals surface area contributed by atoms with E-state index in [0.717, 1.165) is 12.8 Å². The second kappa shape index (κ2) is 9.08. The molecular weight excluding hydrogens is 319 g/mol. The molecule has 0 spiro atoms. The largest absolute Gasteiger partial charge is 0.485 e. The Morgan fingerprint density at radius 2 is 1.18 bits per heavy atom. The van der Waals surface area contributed by atoms with Crippen molar-refractivity contribution in [2.45, 2.75) is 68.2 Å². The summed E-state index contributed by atoms with van der Waals surface area (Å²) in [4.78, 5) is 0. The molecule has 134 valence electrons. The summed E-state index contributed by atoms with van der Waals surface area (Å²) in [5, 5.41) is 0. The van der Waals surface area contributed by atoms with Crippen LogP contribution in [0.4, 0.5) is 0 Å². The molecule has 0 radical (unpaired) electrons. The Hall–Kier alpha value is 0.460. The van der Waals surface area contributed by atoms with Crippen LogP contribution in [0.5, 0.6) is 0 Å². The van der Waals surface area contributed by atoms with Gasteiger partial charge < -0.3 is 0 Å². The standard InChI is InChI=1S/C16H35O4PS/c1-13(9-15(3,4)5)11-18-21(17,20-22)19-12-14(2)10-16(6,7)8/h13-14,22H,9-12H2,1-8H3. The molecule has 0 saturated heterocycles. The predicted molar refractivity (Wildman–Crippen MR) is 96.1 cm³/mol. The Morgan fingerprint density at radius 1 is 0.864 bits per heavy atom. The van der Waals surface area contributed by atoms with Gasteiger partial charge in [-0.2, -0.15) is 0 Å². The van der Waals surface area contributed by atoms with Gasteiger partial charge in [-0.25, -0.2) is 8.54 Å². The molecule has 0 N–H and O–H groups in total. The molecule has 0 aliphatic rings. The van der Waals surface area contributed by atoms with Crippen LogP contribution in [0.2, 0.25) is 0 Å². The van der Waals surface area contributed by atoms with Crippen molar-refractivity contribution in [1.29, 1.82) is 0 Å². The third kappa shape index (κ3) is 12.0. The van der Waals surface area contributed by atoms with Crippen molar-refractivity contribution in [2.24, 2.45) is 22.7 Å². The highest BCUT2D eigenvalue weighted by atomic mass is 32.1. The van der Waals surface area contributed by atoms with Crippen molar-refractivity contribution in [3.05, 3.63) is 0 Å². The van der Waals surface area contributed by atoms with E-state index in [4.69, 9.17) is 13.0 Å².